The zero-order valence-electron chi connectivity index (χ0n) is 10.8. The van der Waals surface area contributed by atoms with E-state index in [4.69, 9.17) is 10.8 Å². The molecular formula is C12H16N4O3. The smallest absolute Gasteiger partial charge is 0.349 e. The third-order valence-electron chi connectivity index (χ3n) is 2.28. The molecule has 4 N–H and O–H groups in total. The van der Waals surface area contributed by atoms with Gasteiger partial charge >= 0.3 is 5.69 Å². The van der Waals surface area contributed by atoms with Crippen LogP contribution in [-0.4, -0.2) is 33.7 Å². The molecule has 0 aliphatic carbocycles. The molecule has 0 bridgehead atoms. The van der Waals surface area contributed by atoms with E-state index in [-0.39, 0.29) is 18.4 Å². The minimum Gasteiger partial charge on any atom is -0.387 e. The zero-order chi connectivity index (χ0) is 14.4. The Morgan fingerprint density at radius 1 is 1.63 bits per heavy atom. The second kappa shape index (κ2) is 6.56. The number of carbonyl (C=O) groups is 1. The molecule has 0 spiro atoms. The van der Waals surface area contributed by atoms with Gasteiger partial charge in [0.05, 0.1) is 12.1 Å². The van der Waals surface area contributed by atoms with Crippen molar-refractivity contribution in [2.24, 2.45) is 0 Å². The second-order valence-electron chi connectivity index (χ2n) is 4.06. The number of rotatable bonds is 3. The van der Waals surface area contributed by atoms with Gasteiger partial charge in [0, 0.05) is 12.2 Å². The number of hydrogen-bond donors (Lipinski definition) is 3. The van der Waals surface area contributed by atoms with Crippen LogP contribution in [0.5, 0.6) is 0 Å². The molecule has 0 aromatic carbocycles. The monoisotopic (exact) mass is 264 g/mol. The molecule has 1 rings (SSSR count). The van der Waals surface area contributed by atoms with E-state index in [1.54, 1.807) is 0 Å². The van der Waals surface area contributed by atoms with Gasteiger partial charge in [-0.2, -0.15) is 4.98 Å². The van der Waals surface area contributed by atoms with Crippen molar-refractivity contribution in [2.75, 3.05) is 18.9 Å². The second-order valence-corrected chi connectivity index (χ2v) is 4.06. The Balaban J connectivity index is 2.90. The van der Waals surface area contributed by atoms with Crippen LogP contribution < -0.4 is 16.7 Å². The van der Waals surface area contributed by atoms with Crippen LogP contribution in [0.15, 0.2) is 11.0 Å². The lowest BCUT2D eigenvalue weighted by Crippen LogP contribution is -2.26. The minimum absolute atomic E-state index is 0.0461. The van der Waals surface area contributed by atoms with Crippen molar-refractivity contribution in [1.82, 2.24) is 14.9 Å². The van der Waals surface area contributed by atoms with Crippen LogP contribution >= 0.6 is 0 Å². The number of nitrogens with two attached hydrogens (primary N) is 1. The van der Waals surface area contributed by atoms with Crippen molar-refractivity contribution in [3.63, 3.8) is 0 Å². The molecule has 1 aromatic heterocycles. The highest BCUT2D eigenvalue weighted by atomic mass is 16.3. The fourth-order valence-corrected chi connectivity index (χ4v) is 1.29. The molecule has 0 aliphatic heterocycles. The number of amides is 1. The van der Waals surface area contributed by atoms with Gasteiger partial charge in [-0.1, -0.05) is 11.8 Å². The van der Waals surface area contributed by atoms with Crippen molar-refractivity contribution in [2.45, 2.75) is 19.9 Å². The minimum atomic E-state index is -0.580. The number of nitrogen functional groups attached to an aromatic ring is 1. The summed E-state index contributed by atoms with van der Waals surface area (Å²) in [5, 5.41) is 10.9. The summed E-state index contributed by atoms with van der Waals surface area (Å²) in [6, 6.07) is -0.0461. The Labute approximate surface area is 110 Å². The van der Waals surface area contributed by atoms with Crippen molar-refractivity contribution in [3.05, 3.63) is 22.2 Å². The lowest BCUT2D eigenvalue weighted by Gasteiger charge is -2.09. The van der Waals surface area contributed by atoms with Gasteiger partial charge < -0.3 is 16.2 Å². The molecular weight excluding hydrogens is 248 g/mol. The Kier molecular flexibility index (Phi) is 5.09. The fourth-order valence-electron chi connectivity index (χ4n) is 1.29. The van der Waals surface area contributed by atoms with Crippen LogP contribution in [0, 0.1) is 11.8 Å². The predicted octanol–water partition coefficient (Wildman–Crippen LogP) is -1.13. The predicted molar refractivity (Wildman–Crippen MR) is 70.3 cm³/mol. The van der Waals surface area contributed by atoms with E-state index in [0.717, 1.165) is 0 Å². The first-order valence-electron chi connectivity index (χ1n) is 5.70. The van der Waals surface area contributed by atoms with Gasteiger partial charge in [-0.05, 0) is 13.8 Å². The molecule has 1 aromatic rings. The van der Waals surface area contributed by atoms with Crippen LogP contribution in [0.1, 0.15) is 25.5 Å². The fraction of sp³-hybridized carbons (Fsp3) is 0.417. The molecule has 0 unspecified atom stereocenters. The highest BCUT2D eigenvalue weighted by Gasteiger charge is 2.06. The van der Waals surface area contributed by atoms with Crippen LogP contribution in [0.2, 0.25) is 0 Å². The summed E-state index contributed by atoms with van der Waals surface area (Å²) >= 11 is 0. The van der Waals surface area contributed by atoms with Crippen molar-refractivity contribution >= 4 is 11.7 Å². The maximum Gasteiger partial charge on any atom is 0.349 e. The topological polar surface area (TPSA) is 110 Å². The van der Waals surface area contributed by atoms with Gasteiger partial charge in [-0.15, -0.1) is 0 Å². The first kappa shape index (κ1) is 14.7. The van der Waals surface area contributed by atoms with Crippen molar-refractivity contribution in [3.8, 4) is 11.8 Å². The molecule has 0 fully saturated rings. The first-order valence-corrected chi connectivity index (χ1v) is 5.70. The number of nitrogens with zero attached hydrogens (tertiary/aromatic N) is 2. The van der Waals surface area contributed by atoms with Crippen LogP contribution in [-0.2, 0) is 4.79 Å². The Morgan fingerprint density at radius 2 is 2.32 bits per heavy atom. The summed E-state index contributed by atoms with van der Waals surface area (Å²) in [5.74, 6) is 4.94. The van der Waals surface area contributed by atoms with Crippen LogP contribution in [0.4, 0.5) is 5.82 Å². The molecule has 0 saturated heterocycles. The van der Waals surface area contributed by atoms with E-state index >= 15 is 0 Å². The summed E-state index contributed by atoms with van der Waals surface area (Å²) in [7, 11) is 0. The van der Waals surface area contributed by atoms with Gasteiger partial charge in [0.1, 0.15) is 12.4 Å². The number of nitrogens with one attached hydrogen (secondary N) is 1. The van der Waals surface area contributed by atoms with Gasteiger partial charge in [0.15, 0.2) is 0 Å². The molecule has 0 saturated carbocycles. The normalized spacial score (nSPS) is 9.89. The average molecular weight is 264 g/mol. The maximum absolute atomic E-state index is 11.5. The molecule has 102 valence electrons. The summed E-state index contributed by atoms with van der Waals surface area (Å²) in [6.45, 7) is 3.19. The Hall–Kier alpha value is -2.33. The van der Waals surface area contributed by atoms with Gasteiger partial charge in [-0.25, -0.2) is 4.79 Å². The quantitative estimate of drug-likeness (QED) is 0.598. The summed E-state index contributed by atoms with van der Waals surface area (Å²) < 4.78 is 1.42. The third kappa shape index (κ3) is 4.12. The molecule has 1 heterocycles. The van der Waals surface area contributed by atoms with Gasteiger partial charge in [0.25, 0.3) is 0 Å². The highest BCUT2D eigenvalue weighted by molar-refractivity contribution is 5.77. The number of carbonyl (C=O) groups excluding carboxylic acids is 1. The van der Waals surface area contributed by atoms with Crippen molar-refractivity contribution in [1.29, 1.82) is 0 Å². The molecule has 0 aliphatic rings. The first-order chi connectivity index (χ1) is 8.95. The van der Waals surface area contributed by atoms with Crippen molar-refractivity contribution < 1.29 is 9.90 Å². The van der Waals surface area contributed by atoms with E-state index in [1.807, 2.05) is 13.8 Å². The zero-order valence-corrected chi connectivity index (χ0v) is 10.8. The van der Waals surface area contributed by atoms with Gasteiger partial charge in [-0.3, -0.25) is 9.36 Å². The van der Waals surface area contributed by atoms with E-state index in [2.05, 4.69) is 22.1 Å². The lowest BCUT2D eigenvalue weighted by molar-refractivity contribution is -0.123. The van der Waals surface area contributed by atoms with E-state index in [9.17, 15) is 9.59 Å². The third-order valence-corrected chi connectivity index (χ3v) is 2.28. The summed E-state index contributed by atoms with van der Waals surface area (Å²) in [5.41, 5.74) is 5.60. The standard InChI is InChI=1S/C12H16N4O3/c1-8(2)16-6-9(11(13)15-12(16)19)4-3-5-14-10(18)7-17/h6,8,17H,5,7H2,1-2H3,(H,14,18)(H2,13,15,19). The highest BCUT2D eigenvalue weighted by Crippen LogP contribution is 2.06. The molecule has 19 heavy (non-hydrogen) atoms. The van der Waals surface area contributed by atoms with E-state index in [1.165, 1.54) is 10.8 Å². The Morgan fingerprint density at radius 3 is 2.89 bits per heavy atom. The average Bonchev–Trinajstić information content (AvgIpc) is 2.35. The van der Waals surface area contributed by atoms with Crippen LogP contribution in [0.3, 0.4) is 0 Å². The number of aliphatic hydroxyl groups excluding tert-OH is 1. The van der Waals surface area contributed by atoms with E-state index < -0.39 is 18.2 Å². The molecule has 7 heteroatoms. The van der Waals surface area contributed by atoms with Crippen LogP contribution in [0.25, 0.3) is 0 Å². The SMILES string of the molecule is CC(C)n1cc(C#CCNC(=O)CO)c(N)nc1=O. The number of anilines is 1. The maximum atomic E-state index is 11.5. The van der Waals surface area contributed by atoms with Gasteiger partial charge in [0.2, 0.25) is 5.91 Å². The number of aromatic nitrogens is 2. The molecule has 1 amide bonds. The lowest BCUT2D eigenvalue weighted by atomic mass is 10.3. The molecule has 0 atom stereocenters. The Bertz CT molecular complexity index is 581. The number of aliphatic hydroxyl groups is 1. The molecule has 7 nitrogen and oxygen atoms in total. The molecule has 0 radical (unpaired) electrons. The largest absolute Gasteiger partial charge is 0.387 e. The van der Waals surface area contributed by atoms with E-state index in [0.29, 0.717) is 5.56 Å². The summed E-state index contributed by atoms with van der Waals surface area (Å²) in [6.07, 6.45) is 1.54. The summed E-state index contributed by atoms with van der Waals surface area (Å²) in [4.78, 5) is 26.0. The number of hydrogen-bond acceptors (Lipinski definition) is 5.